The second kappa shape index (κ2) is 6.99. The van der Waals surface area contributed by atoms with Gasteiger partial charge < -0.3 is 4.90 Å². The first-order chi connectivity index (χ1) is 11.6. The second-order valence-corrected chi connectivity index (χ2v) is 6.47. The SMILES string of the molecule is CN(Cc1ccccc1)C(=O)CCN1C(=O)C2CC=CCC2C1=O. The topological polar surface area (TPSA) is 57.7 Å². The van der Waals surface area contributed by atoms with Crippen LogP contribution >= 0.6 is 0 Å². The Morgan fingerprint density at radius 2 is 1.67 bits per heavy atom. The Labute approximate surface area is 141 Å². The van der Waals surface area contributed by atoms with Crippen molar-refractivity contribution in [1.29, 1.82) is 0 Å². The van der Waals surface area contributed by atoms with Gasteiger partial charge >= 0.3 is 0 Å². The molecule has 1 aliphatic heterocycles. The smallest absolute Gasteiger partial charge is 0.233 e. The number of hydrogen-bond donors (Lipinski definition) is 0. The van der Waals surface area contributed by atoms with Crippen molar-refractivity contribution in [2.24, 2.45) is 11.8 Å². The van der Waals surface area contributed by atoms with Gasteiger partial charge in [0.2, 0.25) is 17.7 Å². The van der Waals surface area contributed by atoms with Crippen LogP contribution in [0.15, 0.2) is 42.5 Å². The molecule has 2 unspecified atom stereocenters. The lowest BCUT2D eigenvalue weighted by atomic mass is 9.85. The molecule has 1 aliphatic carbocycles. The highest BCUT2D eigenvalue weighted by Crippen LogP contribution is 2.35. The van der Waals surface area contributed by atoms with Crippen LogP contribution < -0.4 is 0 Å². The van der Waals surface area contributed by atoms with E-state index in [0.717, 1.165) is 5.56 Å². The fourth-order valence-electron chi connectivity index (χ4n) is 3.43. The van der Waals surface area contributed by atoms with Crippen LogP contribution in [-0.2, 0) is 20.9 Å². The summed E-state index contributed by atoms with van der Waals surface area (Å²) >= 11 is 0. The molecule has 0 bridgehead atoms. The van der Waals surface area contributed by atoms with Gasteiger partial charge in [0.05, 0.1) is 11.8 Å². The van der Waals surface area contributed by atoms with Crippen LogP contribution in [0.3, 0.4) is 0 Å². The fourth-order valence-corrected chi connectivity index (χ4v) is 3.43. The van der Waals surface area contributed by atoms with Gasteiger partial charge in [-0.1, -0.05) is 42.5 Å². The van der Waals surface area contributed by atoms with Gasteiger partial charge in [-0.2, -0.15) is 0 Å². The number of likely N-dealkylation sites (tertiary alicyclic amines) is 1. The van der Waals surface area contributed by atoms with E-state index in [4.69, 9.17) is 0 Å². The minimum Gasteiger partial charge on any atom is -0.341 e. The molecule has 0 aromatic heterocycles. The molecule has 3 amide bonds. The number of rotatable bonds is 5. The Bertz CT molecular complexity index is 642. The number of allylic oxidation sites excluding steroid dienone is 2. The molecule has 24 heavy (non-hydrogen) atoms. The molecule has 126 valence electrons. The number of carbonyl (C=O) groups excluding carboxylic acids is 3. The van der Waals surface area contributed by atoms with Crippen molar-refractivity contribution in [2.45, 2.75) is 25.8 Å². The molecule has 5 heteroatoms. The zero-order valence-corrected chi connectivity index (χ0v) is 13.9. The minimum atomic E-state index is -0.223. The molecular weight excluding hydrogens is 304 g/mol. The first kappa shape index (κ1) is 16.4. The zero-order chi connectivity index (χ0) is 17.1. The third kappa shape index (κ3) is 3.25. The number of carbonyl (C=O) groups is 3. The summed E-state index contributed by atoms with van der Waals surface area (Å²) in [5.74, 6) is -0.743. The number of amides is 3. The molecular formula is C19H22N2O3. The molecule has 2 aliphatic rings. The van der Waals surface area contributed by atoms with Gasteiger partial charge in [-0.3, -0.25) is 19.3 Å². The third-order valence-electron chi connectivity index (χ3n) is 4.84. The second-order valence-electron chi connectivity index (χ2n) is 6.47. The summed E-state index contributed by atoms with van der Waals surface area (Å²) in [5, 5.41) is 0. The lowest BCUT2D eigenvalue weighted by Crippen LogP contribution is -2.36. The van der Waals surface area contributed by atoms with Gasteiger partial charge in [0.15, 0.2) is 0 Å². The number of fused-ring (bicyclic) bond motifs is 1. The molecule has 3 rings (SSSR count). The van der Waals surface area contributed by atoms with E-state index in [0.29, 0.717) is 19.4 Å². The highest BCUT2D eigenvalue weighted by Gasteiger charge is 2.46. The summed E-state index contributed by atoms with van der Waals surface area (Å²) in [7, 11) is 1.74. The maximum atomic E-state index is 12.4. The maximum absolute atomic E-state index is 12.4. The zero-order valence-electron chi connectivity index (χ0n) is 13.9. The number of imide groups is 1. The number of hydrogen-bond acceptors (Lipinski definition) is 3. The highest BCUT2D eigenvalue weighted by atomic mass is 16.2. The summed E-state index contributed by atoms with van der Waals surface area (Å²) in [6.45, 7) is 0.708. The fraction of sp³-hybridized carbons (Fsp3) is 0.421. The van der Waals surface area contributed by atoms with E-state index in [1.54, 1.807) is 11.9 Å². The van der Waals surface area contributed by atoms with Gasteiger partial charge in [-0.15, -0.1) is 0 Å². The Kier molecular flexibility index (Phi) is 4.79. The average molecular weight is 326 g/mol. The van der Waals surface area contributed by atoms with Crippen molar-refractivity contribution < 1.29 is 14.4 Å². The van der Waals surface area contributed by atoms with Crippen molar-refractivity contribution in [3.05, 3.63) is 48.0 Å². The van der Waals surface area contributed by atoms with Crippen LogP contribution in [0.25, 0.3) is 0 Å². The van der Waals surface area contributed by atoms with E-state index in [-0.39, 0.29) is 42.5 Å². The quantitative estimate of drug-likeness (QED) is 0.614. The van der Waals surface area contributed by atoms with Crippen molar-refractivity contribution >= 4 is 17.7 Å². The predicted octanol–water partition coefficient (Wildman–Crippen LogP) is 1.99. The van der Waals surface area contributed by atoms with Gasteiger partial charge in [0.1, 0.15) is 0 Å². The summed E-state index contributed by atoms with van der Waals surface area (Å²) in [6.07, 6.45) is 5.37. The van der Waals surface area contributed by atoms with Crippen LogP contribution in [0.5, 0.6) is 0 Å². The molecule has 1 aromatic carbocycles. The van der Waals surface area contributed by atoms with Gasteiger partial charge in [-0.25, -0.2) is 0 Å². The monoisotopic (exact) mass is 326 g/mol. The molecule has 1 heterocycles. The number of nitrogens with zero attached hydrogens (tertiary/aromatic N) is 2. The van der Waals surface area contributed by atoms with Crippen molar-refractivity contribution in [2.75, 3.05) is 13.6 Å². The van der Waals surface area contributed by atoms with E-state index in [1.165, 1.54) is 4.90 Å². The van der Waals surface area contributed by atoms with Crippen LogP contribution in [0.2, 0.25) is 0 Å². The maximum Gasteiger partial charge on any atom is 0.233 e. The molecule has 0 saturated carbocycles. The Hall–Kier alpha value is -2.43. The molecule has 0 N–H and O–H groups in total. The highest BCUT2D eigenvalue weighted by molar-refractivity contribution is 6.05. The van der Waals surface area contributed by atoms with Gasteiger partial charge in [0, 0.05) is 26.6 Å². The first-order valence-electron chi connectivity index (χ1n) is 8.36. The van der Waals surface area contributed by atoms with E-state index in [2.05, 4.69) is 0 Å². The third-order valence-corrected chi connectivity index (χ3v) is 4.84. The Morgan fingerprint density at radius 3 is 2.25 bits per heavy atom. The lowest BCUT2D eigenvalue weighted by molar-refractivity contribution is -0.140. The van der Waals surface area contributed by atoms with E-state index >= 15 is 0 Å². The van der Waals surface area contributed by atoms with Crippen LogP contribution in [-0.4, -0.2) is 41.1 Å². The first-order valence-corrected chi connectivity index (χ1v) is 8.36. The molecule has 1 fully saturated rings. The Balaban J connectivity index is 1.54. The normalized spacial score (nSPS) is 22.6. The minimum absolute atomic E-state index is 0.0625. The average Bonchev–Trinajstić information content (AvgIpc) is 2.85. The van der Waals surface area contributed by atoms with Crippen LogP contribution in [0.1, 0.15) is 24.8 Å². The van der Waals surface area contributed by atoms with E-state index in [9.17, 15) is 14.4 Å². The summed E-state index contributed by atoms with van der Waals surface area (Å²) in [6, 6.07) is 9.74. The standard InChI is InChI=1S/C19H22N2O3/c1-20(13-14-7-3-2-4-8-14)17(22)11-12-21-18(23)15-9-5-6-10-16(15)19(21)24/h2-8,15-16H,9-13H2,1H3. The Morgan fingerprint density at radius 1 is 1.08 bits per heavy atom. The van der Waals surface area contributed by atoms with Crippen molar-refractivity contribution in [3.63, 3.8) is 0 Å². The molecule has 5 nitrogen and oxygen atoms in total. The molecule has 0 radical (unpaired) electrons. The predicted molar refractivity (Wildman–Crippen MR) is 89.6 cm³/mol. The van der Waals surface area contributed by atoms with Crippen molar-refractivity contribution in [1.82, 2.24) is 9.80 Å². The van der Waals surface area contributed by atoms with Crippen molar-refractivity contribution in [3.8, 4) is 0 Å². The largest absolute Gasteiger partial charge is 0.341 e. The van der Waals surface area contributed by atoms with Gasteiger partial charge in [0.25, 0.3) is 0 Å². The van der Waals surface area contributed by atoms with Gasteiger partial charge in [-0.05, 0) is 18.4 Å². The molecule has 2 atom stereocenters. The van der Waals surface area contributed by atoms with E-state index in [1.807, 2.05) is 42.5 Å². The van der Waals surface area contributed by atoms with E-state index < -0.39 is 0 Å². The molecule has 0 spiro atoms. The molecule has 1 aromatic rings. The summed E-state index contributed by atoms with van der Waals surface area (Å²) < 4.78 is 0. The van der Waals surface area contributed by atoms with Crippen LogP contribution in [0.4, 0.5) is 0 Å². The molecule has 1 saturated heterocycles. The number of benzene rings is 1. The lowest BCUT2D eigenvalue weighted by Gasteiger charge is -2.20. The van der Waals surface area contributed by atoms with Crippen LogP contribution in [0, 0.1) is 11.8 Å². The summed E-state index contributed by atoms with van der Waals surface area (Å²) in [5.41, 5.74) is 1.05. The summed E-state index contributed by atoms with van der Waals surface area (Å²) in [4.78, 5) is 40.0.